The smallest absolute Gasteiger partial charge is 0.310 e. The number of fused-ring (bicyclic) bond motifs is 5. The van der Waals surface area contributed by atoms with E-state index in [1.54, 1.807) is 0 Å². The average Bonchev–Trinajstić information content (AvgIpc) is 3.32. The molecule has 4 aliphatic carbocycles. The van der Waals surface area contributed by atoms with Gasteiger partial charge < -0.3 is 19.3 Å². The number of esters is 1. The van der Waals surface area contributed by atoms with E-state index in [2.05, 4.69) is 20.8 Å². The van der Waals surface area contributed by atoms with E-state index < -0.39 is 35.0 Å². The van der Waals surface area contributed by atoms with Crippen molar-refractivity contribution in [2.45, 2.75) is 78.0 Å². The highest BCUT2D eigenvalue weighted by molar-refractivity contribution is 5.95. The van der Waals surface area contributed by atoms with Gasteiger partial charge in [-0.25, -0.2) is 0 Å². The Balaban J connectivity index is 1.47. The van der Waals surface area contributed by atoms with Crippen LogP contribution in [0.3, 0.4) is 0 Å². The Morgan fingerprint density at radius 3 is 2.57 bits per heavy atom. The highest BCUT2D eigenvalue weighted by Crippen LogP contribution is 2.72. The van der Waals surface area contributed by atoms with Gasteiger partial charge in [0.1, 0.15) is 6.10 Å². The van der Waals surface area contributed by atoms with E-state index in [-0.39, 0.29) is 42.0 Å². The van der Waals surface area contributed by atoms with E-state index in [0.717, 1.165) is 17.6 Å². The fourth-order valence-corrected chi connectivity index (χ4v) is 8.24. The maximum absolute atomic E-state index is 14.7. The number of hydrogen-bond donors (Lipinski definition) is 1. The fraction of sp³-hybridized carbons (Fsp3) is 0.613. The lowest BCUT2D eigenvalue weighted by Gasteiger charge is -2.52. The van der Waals surface area contributed by atoms with Crippen LogP contribution in [-0.4, -0.2) is 47.1 Å². The summed E-state index contributed by atoms with van der Waals surface area (Å²) in [5, 5.41) is 13.0. The molecule has 1 heterocycles. The molecule has 1 aliphatic heterocycles. The molecule has 37 heavy (non-hydrogen) atoms. The lowest BCUT2D eigenvalue weighted by molar-refractivity contribution is -0.304. The molecule has 6 rings (SSSR count). The Morgan fingerprint density at radius 2 is 1.86 bits per heavy atom. The number of carbonyl (C=O) groups excluding carboxylic acids is 2. The van der Waals surface area contributed by atoms with Crippen molar-refractivity contribution >= 4 is 11.8 Å². The van der Waals surface area contributed by atoms with Gasteiger partial charge >= 0.3 is 5.97 Å². The summed E-state index contributed by atoms with van der Waals surface area (Å²) in [4.78, 5) is 27.9. The summed E-state index contributed by atoms with van der Waals surface area (Å²) < 4.78 is 18.6. The minimum Gasteiger partial charge on any atom is -0.454 e. The number of allylic oxidation sites excluding steroid dienone is 1. The lowest BCUT2D eigenvalue weighted by atomic mass is 9.59. The number of carbonyl (C=O) groups is 2. The fourth-order valence-electron chi connectivity index (χ4n) is 8.24. The molecular formula is C31H38O6. The van der Waals surface area contributed by atoms with Crippen LogP contribution in [0.2, 0.25) is 0 Å². The van der Waals surface area contributed by atoms with E-state index >= 15 is 0 Å². The van der Waals surface area contributed by atoms with Crippen molar-refractivity contribution in [2.75, 3.05) is 6.61 Å². The van der Waals surface area contributed by atoms with Crippen LogP contribution >= 0.6 is 0 Å². The number of hydrogen-bond acceptors (Lipinski definition) is 6. The third-order valence-electron chi connectivity index (χ3n) is 10.1. The van der Waals surface area contributed by atoms with Gasteiger partial charge in [-0.15, -0.1) is 0 Å². The third kappa shape index (κ3) is 3.34. The quantitative estimate of drug-likeness (QED) is 0.483. The highest BCUT2D eigenvalue weighted by Gasteiger charge is 2.77. The van der Waals surface area contributed by atoms with Crippen molar-refractivity contribution < 1.29 is 28.9 Å². The number of ketones is 1. The molecule has 8 unspecified atom stereocenters. The van der Waals surface area contributed by atoms with Gasteiger partial charge in [0.25, 0.3) is 0 Å². The number of Topliss-reactive ketones (excluding diaryl/α,β-unsaturated/α-hetero) is 1. The summed E-state index contributed by atoms with van der Waals surface area (Å²) in [7, 11) is 0. The van der Waals surface area contributed by atoms with Gasteiger partial charge in [0, 0.05) is 5.92 Å². The molecule has 1 aromatic rings. The first-order chi connectivity index (χ1) is 17.3. The van der Waals surface area contributed by atoms with E-state index in [9.17, 15) is 14.7 Å². The van der Waals surface area contributed by atoms with Gasteiger partial charge in [0.2, 0.25) is 0 Å². The largest absolute Gasteiger partial charge is 0.454 e. The van der Waals surface area contributed by atoms with Crippen LogP contribution < -0.4 is 0 Å². The summed E-state index contributed by atoms with van der Waals surface area (Å²) in [5.74, 6) is -1.28. The maximum Gasteiger partial charge on any atom is 0.310 e. The van der Waals surface area contributed by atoms with E-state index in [1.165, 1.54) is 0 Å². The molecule has 8 atom stereocenters. The molecule has 3 fully saturated rings. The van der Waals surface area contributed by atoms with Crippen LogP contribution in [0.15, 0.2) is 53.6 Å². The first-order valence-corrected chi connectivity index (χ1v) is 13.5. The predicted molar refractivity (Wildman–Crippen MR) is 137 cm³/mol. The molecule has 5 aliphatic rings. The normalized spacial score (nSPS) is 42.7. The van der Waals surface area contributed by atoms with E-state index in [4.69, 9.17) is 14.2 Å². The van der Waals surface area contributed by atoms with Crippen LogP contribution in [-0.2, 0) is 30.2 Å². The Kier molecular flexibility index (Phi) is 5.32. The number of ether oxygens (including phenoxy) is 3. The summed E-state index contributed by atoms with van der Waals surface area (Å²) >= 11 is 0. The maximum atomic E-state index is 14.7. The molecule has 198 valence electrons. The number of rotatable bonds is 3. The van der Waals surface area contributed by atoms with Crippen LogP contribution in [0, 0.1) is 34.5 Å². The molecule has 6 heteroatoms. The first-order valence-electron chi connectivity index (χ1n) is 13.5. The minimum absolute atomic E-state index is 0.0184. The SMILES string of the molecule is CC1=CC23C(=O)C(C=C4COC(C)(C)OC4C2(O)C1OC(=O)Cc1ccccc1)C1C(CC3C)C1(C)C. The Bertz CT molecular complexity index is 1210. The predicted octanol–water partition coefficient (Wildman–Crippen LogP) is 4.41. The van der Waals surface area contributed by atoms with Crippen molar-refractivity contribution in [1.29, 1.82) is 0 Å². The second-order valence-electron chi connectivity index (χ2n) is 13.0. The van der Waals surface area contributed by atoms with E-state index in [0.29, 0.717) is 11.5 Å². The van der Waals surface area contributed by atoms with Crippen LogP contribution in [0.5, 0.6) is 0 Å². The van der Waals surface area contributed by atoms with Gasteiger partial charge in [0.15, 0.2) is 23.3 Å². The lowest BCUT2D eigenvalue weighted by Crippen LogP contribution is -2.68. The molecule has 2 saturated carbocycles. The van der Waals surface area contributed by atoms with Crippen molar-refractivity contribution in [3.8, 4) is 0 Å². The summed E-state index contributed by atoms with van der Waals surface area (Å²) in [6.45, 7) is 12.3. The van der Waals surface area contributed by atoms with Crippen LogP contribution in [0.1, 0.15) is 53.5 Å². The molecule has 2 bridgehead atoms. The van der Waals surface area contributed by atoms with Gasteiger partial charge in [-0.05, 0) is 67.1 Å². The molecule has 1 saturated heterocycles. The zero-order valence-electron chi connectivity index (χ0n) is 22.6. The first kappa shape index (κ1) is 25.0. The van der Waals surface area contributed by atoms with Crippen molar-refractivity contribution in [3.05, 3.63) is 59.2 Å². The Hall–Kier alpha value is -2.28. The van der Waals surface area contributed by atoms with Crippen molar-refractivity contribution in [3.63, 3.8) is 0 Å². The summed E-state index contributed by atoms with van der Waals surface area (Å²) in [5.41, 5.74) is -0.640. The van der Waals surface area contributed by atoms with Gasteiger partial charge in [-0.1, -0.05) is 63.3 Å². The number of benzene rings is 1. The summed E-state index contributed by atoms with van der Waals surface area (Å²) in [6.07, 6.45) is 3.02. The monoisotopic (exact) mass is 506 g/mol. The molecule has 0 amide bonds. The van der Waals surface area contributed by atoms with Gasteiger partial charge in [0.05, 0.1) is 18.4 Å². The molecular weight excluding hydrogens is 468 g/mol. The van der Waals surface area contributed by atoms with Crippen molar-refractivity contribution in [2.24, 2.45) is 34.5 Å². The molecule has 1 N–H and O–H groups in total. The average molecular weight is 507 g/mol. The topological polar surface area (TPSA) is 82.1 Å². The molecule has 6 nitrogen and oxygen atoms in total. The van der Waals surface area contributed by atoms with E-state index in [1.807, 2.05) is 63.3 Å². The third-order valence-corrected chi connectivity index (χ3v) is 10.1. The van der Waals surface area contributed by atoms with Gasteiger partial charge in [-0.2, -0.15) is 0 Å². The minimum atomic E-state index is -1.78. The number of aliphatic hydroxyl groups is 1. The second-order valence-corrected chi connectivity index (χ2v) is 13.0. The van der Waals surface area contributed by atoms with Crippen LogP contribution in [0.4, 0.5) is 0 Å². The van der Waals surface area contributed by atoms with Crippen LogP contribution in [0.25, 0.3) is 0 Å². The highest BCUT2D eigenvalue weighted by atomic mass is 16.7. The summed E-state index contributed by atoms with van der Waals surface area (Å²) in [6, 6.07) is 9.41. The zero-order chi connectivity index (χ0) is 26.5. The molecule has 1 aromatic carbocycles. The molecule has 0 aromatic heterocycles. The van der Waals surface area contributed by atoms with Crippen molar-refractivity contribution in [1.82, 2.24) is 0 Å². The Morgan fingerprint density at radius 1 is 1.16 bits per heavy atom. The molecule has 1 spiro atoms. The molecule has 0 radical (unpaired) electrons. The standard InChI is InChI=1S/C31H38O6/c1-17-15-30-18(2)12-22-24(28(22,3)4)21(25(30)33)14-20-16-35-29(5,6)37-27(20)31(30,34)26(17)36-23(32)13-19-10-8-7-9-11-19/h7-11,14-15,18,21-22,24,26-27,34H,12-13,16H2,1-6H3. The second kappa shape index (κ2) is 7.87. The van der Waals surface area contributed by atoms with Gasteiger partial charge in [-0.3, -0.25) is 9.59 Å². The zero-order valence-corrected chi connectivity index (χ0v) is 22.6. The Labute approximate surface area is 219 Å².